The molecule has 7 N–H and O–H groups in total. The summed E-state index contributed by atoms with van der Waals surface area (Å²) < 4.78 is 25.6. The summed E-state index contributed by atoms with van der Waals surface area (Å²) >= 11 is 6.10. The standard InChI is InChI=1S/C30H27ClN10O10S/c1-52(50,51)37-28(47)33-19-9-6-16(7-10-19)12-21(24(42)36-30(27(45)46)14-17-4-2-3-5-22(17)41(30)29(48)49)35-26(44)25(43)34-20-13-18(31)8-11-23(20)40-15-32-38-39-40/h2-11,13,15,21H,12,14H2,1H3,(H,34,43)(H,35,44)(H,36,42)(H,45,46)(H,48,49)(H2,33,37,47). The van der Waals surface area contributed by atoms with Gasteiger partial charge < -0.3 is 31.5 Å². The highest BCUT2D eigenvalue weighted by Crippen LogP contribution is 2.38. The van der Waals surface area contributed by atoms with Gasteiger partial charge >= 0.3 is 29.9 Å². The molecule has 20 nitrogen and oxygen atoms in total. The number of nitrogens with zero attached hydrogens (tertiary/aromatic N) is 5. The number of sulfonamides is 1. The molecule has 0 saturated heterocycles. The van der Waals surface area contributed by atoms with E-state index in [0.717, 1.165) is 6.26 Å². The van der Waals surface area contributed by atoms with E-state index >= 15 is 0 Å². The molecule has 2 unspecified atom stereocenters. The van der Waals surface area contributed by atoms with Crippen LogP contribution in [-0.2, 0) is 42.0 Å². The van der Waals surface area contributed by atoms with Crippen molar-refractivity contribution in [3.05, 3.63) is 89.2 Å². The first-order valence-electron chi connectivity index (χ1n) is 14.8. The van der Waals surface area contributed by atoms with Crippen LogP contribution in [0.2, 0.25) is 5.02 Å². The third kappa shape index (κ3) is 8.22. The van der Waals surface area contributed by atoms with Crippen LogP contribution in [0.1, 0.15) is 11.1 Å². The summed E-state index contributed by atoms with van der Waals surface area (Å²) in [6.45, 7) is 0. The maximum atomic E-state index is 13.9. The second-order valence-electron chi connectivity index (χ2n) is 11.2. The van der Waals surface area contributed by atoms with Gasteiger partial charge in [-0.25, -0.2) is 32.4 Å². The Morgan fingerprint density at radius 3 is 2.29 bits per heavy atom. The molecule has 22 heteroatoms. The number of nitrogens with one attached hydrogen (secondary N) is 5. The monoisotopic (exact) mass is 754 g/mol. The SMILES string of the molecule is CS(=O)(=O)NC(=O)Nc1ccc(CC(NC(=O)C(=O)Nc2cc(Cl)ccc2-n2cnnn2)C(=O)NC2(C(=O)O)Cc3ccccc3N2C(=O)O)cc1. The molecule has 0 aliphatic carbocycles. The third-order valence-electron chi connectivity index (χ3n) is 7.50. The quantitative estimate of drug-likeness (QED) is 0.110. The highest BCUT2D eigenvalue weighted by molar-refractivity contribution is 7.89. The molecule has 0 spiro atoms. The smallest absolute Gasteiger partial charge is 0.414 e. The molecule has 270 valence electrons. The summed E-state index contributed by atoms with van der Waals surface area (Å²) in [5.41, 5.74) is -1.55. The molecule has 4 aromatic rings. The van der Waals surface area contributed by atoms with Crippen molar-refractivity contribution >= 4 is 74.5 Å². The lowest BCUT2D eigenvalue weighted by Gasteiger charge is -2.35. The Bertz CT molecular complexity index is 2180. The van der Waals surface area contributed by atoms with Gasteiger partial charge in [0.1, 0.15) is 12.4 Å². The van der Waals surface area contributed by atoms with E-state index < -0.39 is 64.0 Å². The lowest BCUT2D eigenvalue weighted by Crippen LogP contribution is -2.68. The molecule has 1 aromatic heterocycles. The van der Waals surface area contributed by atoms with Crippen LogP contribution in [0, 0.1) is 0 Å². The molecule has 1 aliphatic rings. The van der Waals surface area contributed by atoms with E-state index in [2.05, 4.69) is 36.8 Å². The number of rotatable bonds is 10. The summed E-state index contributed by atoms with van der Waals surface area (Å²) in [5.74, 6) is -5.53. The van der Waals surface area contributed by atoms with Crippen LogP contribution in [0.3, 0.4) is 0 Å². The van der Waals surface area contributed by atoms with Crippen LogP contribution >= 0.6 is 11.6 Å². The van der Waals surface area contributed by atoms with Gasteiger partial charge in [-0.3, -0.25) is 14.4 Å². The summed E-state index contributed by atoms with van der Waals surface area (Å²) in [5, 5.41) is 40.6. The minimum absolute atomic E-state index is 0.00889. The third-order valence-corrected chi connectivity index (χ3v) is 8.29. The van der Waals surface area contributed by atoms with Gasteiger partial charge in [-0.15, -0.1) is 5.10 Å². The summed E-state index contributed by atoms with van der Waals surface area (Å²) in [4.78, 5) is 78.0. The molecule has 0 saturated carbocycles. The van der Waals surface area contributed by atoms with E-state index in [4.69, 9.17) is 11.6 Å². The largest absolute Gasteiger partial charge is 0.478 e. The zero-order valence-electron chi connectivity index (χ0n) is 26.6. The number of amides is 6. The van der Waals surface area contributed by atoms with Gasteiger partial charge in [0.25, 0.3) is 0 Å². The van der Waals surface area contributed by atoms with Crippen molar-refractivity contribution in [1.29, 1.82) is 0 Å². The van der Waals surface area contributed by atoms with Crippen molar-refractivity contribution in [3.8, 4) is 5.69 Å². The van der Waals surface area contributed by atoms with Gasteiger partial charge in [0.2, 0.25) is 21.6 Å². The number of anilines is 3. The highest BCUT2D eigenvalue weighted by atomic mass is 35.5. The van der Waals surface area contributed by atoms with Crippen molar-refractivity contribution in [2.45, 2.75) is 24.5 Å². The number of hydrogen-bond acceptors (Lipinski definition) is 11. The Hall–Kier alpha value is -6.61. The maximum Gasteiger partial charge on any atom is 0.414 e. The first-order valence-corrected chi connectivity index (χ1v) is 17.0. The average molecular weight is 755 g/mol. The summed E-state index contributed by atoms with van der Waals surface area (Å²) in [6.07, 6.45) is -0.536. The molecule has 3 aromatic carbocycles. The molecule has 52 heavy (non-hydrogen) atoms. The van der Waals surface area contributed by atoms with E-state index in [9.17, 15) is 47.4 Å². The number of aromatic nitrogens is 4. The fraction of sp³-hybridized carbons (Fsp3) is 0.167. The number of carboxylic acid groups (broad SMARTS) is 2. The van der Waals surface area contributed by atoms with Gasteiger partial charge in [-0.05, 0) is 58.0 Å². The van der Waals surface area contributed by atoms with E-state index in [1.54, 1.807) is 10.8 Å². The molecule has 2 heterocycles. The van der Waals surface area contributed by atoms with Gasteiger partial charge in [0.05, 0.1) is 23.3 Å². The number of carbonyl (C=O) groups excluding carboxylic acids is 4. The van der Waals surface area contributed by atoms with Crippen LogP contribution in [0.25, 0.3) is 5.69 Å². The van der Waals surface area contributed by atoms with Gasteiger partial charge in [-0.2, -0.15) is 4.68 Å². The van der Waals surface area contributed by atoms with Crippen molar-refractivity contribution < 1.29 is 47.4 Å². The van der Waals surface area contributed by atoms with Crippen molar-refractivity contribution in [1.82, 2.24) is 35.6 Å². The first-order chi connectivity index (χ1) is 24.6. The van der Waals surface area contributed by atoms with Crippen LogP contribution in [0.4, 0.5) is 26.7 Å². The molecular formula is C30H27ClN10O10S. The molecule has 0 fully saturated rings. The second kappa shape index (κ2) is 14.7. The topological polar surface area (TPSA) is 284 Å². The zero-order chi connectivity index (χ0) is 37.8. The molecule has 0 radical (unpaired) electrons. The predicted molar refractivity (Wildman–Crippen MR) is 181 cm³/mol. The van der Waals surface area contributed by atoms with Crippen LogP contribution in [0.5, 0.6) is 0 Å². The number of para-hydroxylation sites is 1. The van der Waals surface area contributed by atoms with Crippen molar-refractivity contribution in [3.63, 3.8) is 0 Å². The predicted octanol–water partition coefficient (Wildman–Crippen LogP) is 0.701. The number of benzene rings is 3. The minimum Gasteiger partial charge on any atom is -0.478 e. The average Bonchev–Trinajstić information content (AvgIpc) is 3.71. The number of carbonyl (C=O) groups is 6. The van der Waals surface area contributed by atoms with E-state index in [-0.39, 0.29) is 34.2 Å². The minimum atomic E-state index is -3.86. The molecule has 6 amide bonds. The normalized spacial score (nSPS) is 15.5. The molecule has 0 bridgehead atoms. The van der Waals surface area contributed by atoms with Crippen molar-refractivity contribution in [2.24, 2.45) is 0 Å². The fourth-order valence-electron chi connectivity index (χ4n) is 5.30. The van der Waals surface area contributed by atoms with Gasteiger partial charge in [0, 0.05) is 23.6 Å². The van der Waals surface area contributed by atoms with E-state index in [0.29, 0.717) is 16.0 Å². The van der Waals surface area contributed by atoms with Gasteiger partial charge in [0.15, 0.2) is 0 Å². The first kappa shape index (κ1) is 36.7. The lowest BCUT2D eigenvalue weighted by molar-refractivity contribution is -0.147. The summed E-state index contributed by atoms with van der Waals surface area (Å²) in [7, 11) is -3.86. The van der Waals surface area contributed by atoms with Crippen molar-refractivity contribution in [2.75, 3.05) is 21.8 Å². The Morgan fingerprint density at radius 1 is 0.942 bits per heavy atom. The molecular weight excluding hydrogens is 728 g/mol. The Morgan fingerprint density at radius 2 is 1.65 bits per heavy atom. The molecule has 2 atom stereocenters. The molecule has 5 rings (SSSR count). The fourth-order valence-corrected chi connectivity index (χ4v) is 5.86. The van der Waals surface area contributed by atoms with Crippen LogP contribution in [0.15, 0.2) is 73.1 Å². The Kier molecular flexibility index (Phi) is 10.4. The number of carboxylic acids is 1. The number of halogens is 1. The number of aliphatic carboxylic acids is 1. The lowest BCUT2D eigenvalue weighted by atomic mass is 10.0. The van der Waals surface area contributed by atoms with Gasteiger partial charge in [-0.1, -0.05) is 41.9 Å². The summed E-state index contributed by atoms with van der Waals surface area (Å²) in [6, 6.07) is 12.9. The maximum absolute atomic E-state index is 13.9. The number of hydrogen-bond donors (Lipinski definition) is 7. The van der Waals surface area contributed by atoms with Crippen LogP contribution < -0.4 is 30.9 Å². The highest BCUT2D eigenvalue weighted by Gasteiger charge is 2.55. The van der Waals surface area contributed by atoms with Crippen LogP contribution in [-0.4, -0.2) is 92.6 Å². The zero-order valence-corrected chi connectivity index (χ0v) is 28.2. The second-order valence-corrected chi connectivity index (χ2v) is 13.4. The Balaban J connectivity index is 1.42. The number of urea groups is 1. The number of tetrazole rings is 1. The molecule has 1 aliphatic heterocycles. The van der Waals surface area contributed by atoms with E-state index in [1.807, 2.05) is 0 Å². The number of fused-ring (bicyclic) bond motifs is 1. The Labute approximate surface area is 298 Å². The van der Waals surface area contributed by atoms with E-state index in [1.165, 1.54) is 71.7 Å².